The van der Waals surface area contributed by atoms with E-state index in [1.54, 1.807) is 49.8 Å². The van der Waals surface area contributed by atoms with Crippen LogP contribution in [0.5, 0.6) is 23.1 Å². The van der Waals surface area contributed by atoms with Crippen molar-refractivity contribution in [2.24, 2.45) is 0 Å². The summed E-state index contributed by atoms with van der Waals surface area (Å²) in [6, 6.07) is 16.6. The fourth-order valence-electron chi connectivity index (χ4n) is 4.61. The summed E-state index contributed by atoms with van der Waals surface area (Å²) in [7, 11) is 3.09. The first-order valence-electron chi connectivity index (χ1n) is 14.6. The van der Waals surface area contributed by atoms with Gasteiger partial charge >= 0.3 is 0 Å². The molecule has 0 saturated carbocycles. The van der Waals surface area contributed by atoms with Gasteiger partial charge in [0.05, 0.1) is 30.0 Å². The molecule has 0 aliphatic heterocycles. The van der Waals surface area contributed by atoms with Crippen LogP contribution in [0, 0.1) is 11.6 Å². The van der Waals surface area contributed by atoms with Crippen molar-refractivity contribution in [1.29, 1.82) is 0 Å². The number of allylic oxidation sites excluding steroid dienone is 2. The van der Waals surface area contributed by atoms with Crippen molar-refractivity contribution in [1.82, 2.24) is 19.5 Å². The minimum atomic E-state index is -0.684. The minimum Gasteiger partial charge on any atom is -0.493 e. The molecule has 13 heteroatoms. The zero-order valence-corrected chi connectivity index (χ0v) is 26.5. The van der Waals surface area contributed by atoms with Gasteiger partial charge in [0.1, 0.15) is 30.4 Å². The highest BCUT2D eigenvalue weighted by atomic mass is 19.1. The van der Waals surface area contributed by atoms with E-state index in [-0.39, 0.29) is 35.0 Å². The van der Waals surface area contributed by atoms with Crippen LogP contribution in [0.3, 0.4) is 0 Å². The van der Waals surface area contributed by atoms with Gasteiger partial charge in [0.15, 0.2) is 23.1 Å². The number of nitrogens with zero attached hydrogens (tertiary/aromatic N) is 4. The average Bonchev–Trinajstić information content (AvgIpc) is 3.10. The summed E-state index contributed by atoms with van der Waals surface area (Å²) >= 11 is 0. The van der Waals surface area contributed by atoms with Crippen molar-refractivity contribution in [3.63, 3.8) is 0 Å². The number of rotatable bonds is 11. The Kier molecular flexibility index (Phi) is 10.9. The lowest BCUT2D eigenvalue weighted by Crippen LogP contribution is -2.19. The number of nitrogens with one attached hydrogen (secondary N) is 1. The van der Waals surface area contributed by atoms with Gasteiger partial charge < -0.3 is 24.3 Å². The van der Waals surface area contributed by atoms with E-state index in [0.717, 1.165) is 6.08 Å². The molecule has 0 atom stereocenters. The van der Waals surface area contributed by atoms with Crippen molar-refractivity contribution in [2.45, 2.75) is 0 Å². The molecule has 0 saturated heterocycles. The van der Waals surface area contributed by atoms with Gasteiger partial charge in [0, 0.05) is 43.0 Å². The van der Waals surface area contributed by atoms with E-state index < -0.39 is 17.5 Å². The zero-order chi connectivity index (χ0) is 34.9. The molecule has 3 aromatic carbocycles. The molecule has 6 rings (SSSR count). The topological polar surface area (TPSA) is 110 Å². The number of methoxy groups -OCH3 is 2. The summed E-state index contributed by atoms with van der Waals surface area (Å²) in [4.78, 5) is 26.3. The highest BCUT2D eigenvalue weighted by Gasteiger charge is 2.16. The van der Waals surface area contributed by atoms with E-state index >= 15 is 4.39 Å². The Morgan fingerprint density at radius 2 is 1.71 bits per heavy atom. The maximum absolute atomic E-state index is 15.4. The molecule has 3 heterocycles. The van der Waals surface area contributed by atoms with E-state index in [9.17, 15) is 13.6 Å². The van der Waals surface area contributed by atoms with Crippen LogP contribution in [0.2, 0.25) is 0 Å². The van der Waals surface area contributed by atoms with Crippen LogP contribution in [-0.4, -0.2) is 47.0 Å². The maximum atomic E-state index is 15.4. The van der Waals surface area contributed by atoms with Crippen molar-refractivity contribution < 1.29 is 32.1 Å². The predicted octanol–water partition coefficient (Wildman–Crippen LogP) is 7.83. The molecule has 0 amide bonds. The van der Waals surface area contributed by atoms with Crippen molar-refractivity contribution in [2.75, 3.05) is 32.8 Å². The molecule has 0 radical (unpaired) electrons. The summed E-state index contributed by atoms with van der Waals surface area (Å²) < 4.78 is 63.4. The first-order valence-corrected chi connectivity index (χ1v) is 14.6. The number of anilines is 2. The van der Waals surface area contributed by atoms with Gasteiger partial charge in [-0.3, -0.25) is 9.36 Å². The van der Waals surface area contributed by atoms with Crippen molar-refractivity contribution in [3.05, 3.63) is 133 Å². The number of benzene rings is 3. The van der Waals surface area contributed by atoms with Crippen LogP contribution in [0.4, 0.5) is 24.7 Å². The summed E-state index contributed by atoms with van der Waals surface area (Å²) in [5.41, 5.74) is 0.962. The molecule has 0 aliphatic rings. The summed E-state index contributed by atoms with van der Waals surface area (Å²) in [6.45, 7) is 6.64. The monoisotopic (exact) mass is 669 g/mol. The molecule has 49 heavy (non-hydrogen) atoms. The normalized spacial score (nSPS) is 10.6. The standard InChI is InChI=1S/C32H25F2N5O5.C4H5F/c1-41-13-14-43-28-16-23-25(17-27(28)42-2)36-18-37-31(23)44-26-8-5-21(15-24(26)34)38-30-29-19(9-11-35-30)10-12-39(32(29)40)22-6-3-20(33)4-7-22;1-3-4(2)5/h3-12,15-18H,13-14H2,1-2H3,(H,35,38);3H,1-2H2. The molecule has 0 spiro atoms. The van der Waals surface area contributed by atoms with Gasteiger partial charge in [-0.25, -0.2) is 28.1 Å². The van der Waals surface area contributed by atoms with Gasteiger partial charge in [-0.15, -0.1) is 0 Å². The molecule has 6 aromatic rings. The van der Waals surface area contributed by atoms with Gasteiger partial charge in [0.25, 0.3) is 5.56 Å². The van der Waals surface area contributed by atoms with Gasteiger partial charge in [-0.1, -0.05) is 13.2 Å². The first kappa shape index (κ1) is 34.1. The Bertz CT molecular complexity index is 2190. The van der Waals surface area contributed by atoms with Crippen LogP contribution >= 0.6 is 0 Å². The summed E-state index contributed by atoms with van der Waals surface area (Å²) in [5, 5.41) is 4.43. The second-order valence-corrected chi connectivity index (χ2v) is 10.2. The Labute approximate surface area is 278 Å². The van der Waals surface area contributed by atoms with Gasteiger partial charge in [0.2, 0.25) is 5.88 Å². The van der Waals surface area contributed by atoms with E-state index in [1.165, 1.54) is 54.4 Å². The number of fused-ring (bicyclic) bond motifs is 2. The number of aromatic nitrogens is 4. The fraction of sp³-hybridized carbons (Fsp3) is 0.111. The van der Waals surface area contributed by atoms with Crippen LogP contribution in [-0.2, 0) is 4.74 Å². The van der Waals surface area contributed by atoms with Crippen LogP contribution < -0.4 is 25.1 Å². The molecule has 10 nitrogen and oxygen atoms in total. The predicted molar refractivity (Wildman–Crippen MR) is 181 cm³/mol. The molecule has 0 bridgehead atoms. The fourth-order valence-corrected chi connectivity index (χ4v) is 4.61. The van der Waals surface area contributed by atoms with Crippen molar-refractivity contribution >= 4 is 33.2 Å². The highest BCUT2D eigenvalue weighted by molar-refractivity contribution is 5.92. The Morgan fingerprint density at radius 1 is 0.939 bits per heavy atom. The second-order valence-electron chi connectivity index (χ2n) is 10.2. The number of ether oxygens (including phenoxy) is 4. The van der Waals surface area contributed by atoms with Crippen molar-refractivity contribution in [3.8, 4) is 28.8 Å². The van der Waals surface area contributed by atoms with Crippen LogP contribution in [0.1, 0.15) is 0 Å². The number of hydrogen-bond donors (Lipinski definition) is 1. The van der Waals surface area contributed by atoms with Gasteiger partial charge in [-0.05, 0) is 66.1 Å². The smallest absolute Gasteiger partial charge is 0.266 e. The molecule has 1 N–H and O–H groups in total. The Hall–Kier alpha value is -6.21. The third-order valence-electron chi connectivity index (χ3n) is 6.98. The lowest BCUT2D eigenvalue weighted by Gasteiger charge is -2.14. The quantitative estimate of drug-likeness (QED) is 0.109. The van der Waals surface area contributed by atoms with Crippen LogP contribution in [0.15, 0.2) is 115 Å². The average molecular weight is 670 g/mol. The van der Waals surface area contributed by atoms with E-state index in [0.29, 0.717) is 45.8 Å². The number of hydrogen-bond acceptors (Lipinski definition) is 9. The minimum absolute atomic E-state index is 0.0854. The molecule has 0 aliphatic carbocycles. The Morgan fingerprint density at radius 3 is 2.41 bits per heavy atom. The van der Waals surface area contributed by atoms with E-state index in [4.69, 9.17) is 18.9 Å². The number of halogens is 3. The Balaban J connectivity index is 0.000000874. The third-order valence-corrected chi connectivity index (χ3v) is 6.98. The largest absolute Gasteiger partial charge is 0.493 e. The SMILES string of the molecule is C=CC(=C)F.COCCOc1cc2c(Oc3ccc(Nc4nccc5ccn(-c6ccc(F)cc6)c(=O)c45)cc3F)ncnc2cc1OC. The molecule has 0 unspecified atom stereocenters. The second kappa shape index (κ2) is 15.6. The molecular weight excluding hydrogens is 639 g/mol. The molecular formula is C36H30F3N5O5. The summed E-state index contributed by atoms with van der Waals surface area (Å²) in [6.07, 6.45) is 5.51. The van der Waals surface area contributed by atoms with Crippen LogP contribution in [0.25, 0.3) is 27.4 Å². The molecule has 250 valence electrons. The molecule has 3 aromatic heterocycles. The van der Waals surface area contributed by atoms with E-state index in [1.807, 2.05) is 0 Å². The number of pyridine rings is 2. The molecule has 0 fully saturated rings. The summed E-state index contributed by atoms with van der Waals surface area (Å²) in [5.74, 6) is -0.423. The lowest BCUT2D eigenvalue weighted by molar-refractivity contribution is 0.144. The first-order chi connectivity index (χ1) is 23.7. The van der Waals surface area contributed by atoms with E-state index in [2.05, 4.69) is 33.4 Å². The maximum Gasteiger partial charge on any atom is 0.266 e. The zero-order valence-electron chi connectivity index (χ0n) is 26.5. The lowest BCUT2D eigenvalue weighted by atomic mass is 10.2. The highest BCUT2D eigenvalue weighted by Crippen LogP contribution is 2.37. The third kappa shape index (κ3) is 8.03. The van der Waals surface area contributed by atoms with Gasteiger partial charge in [-0.2, -0.15) is 0 Å².